The van der Waals surface area contributed by atoms with Crippen molar-refractivity contribution in [1.29, 1.82) is 0 Å². The predicted molar refractivity (Wildman–Crippen MR) is 60.9 cm³/mol. The van der Waals surface area contributed by atoms with Crippen LogP contribution < -0.4 is 5.73 Å². The molecule has 1 heterocycles. The molecule has 0 aliphatic carbocycles. The Bertz CT molecular complexity index is 440. The van der Waals surface area contributed by atoms with Crippen molar-refractivity contribution in [2.24, 2.45) is 5.73 Å². The van der Waals surface area contributed by atoms with E-state index in [-0.39, 0.29) is 6.04 Å². The van der Waals surface area contributed by atoms with Gasteiger partial charge in [0.1, 0.15) is 0 Å². The van der Waals surface area contributed by atoms with Crippen molar-refractivity contribution in [2.45, 2.75) is 19.9 Å². The summed E-state index contributed by atoms with van der Waals surface area (Å²) in [6.45, 7) is 4.01. The van der Waals surface area contributed by atoms with E-state index in [9.17, 15) is 0 Å². The summed E-state index contributed by atoms with van der Waals surface area (Å²) in [6, 6.07) is 8.23. The summed E-state index contributed by atoms with van der Waals surface area (Å²) in [5, 5.41) is 4.25. The Morgan fingerprint density at radius 3 is 2.40 bits per heavy atom. The number of hydrogen-bond acceptors (Lipinski definition) is 2. The average molecular weight is 201 g/mol. The Morgan fingerprint density at radius 2 is 1.93 bits per heavy atom. The van der Waals surface area contributed by atoms with Gasteiger partial charge >= 0.3 is 0 Å². The van der Waals surface area contributed by atoms with E-state index in [0.29, 0.717) is 0 Å². The molecule has 0 bridgehead atoms. The Morgan fingerprint density at radius 1 is 1.27 bits per heavy atom. The number of rotatable bonds is 2. The van der Waals surface area contributed by atoms with Gasteiger partial charge in [0.2, 0.25) is 0 Å². The molecule has 0 amide bonds. The van der Waals surface area contributed by atoms with E-state index in [1.165, 1.54) is 0 Å². The third kappa shape index (κ3) is 2.07. The van der Waals surface area contributed by atoms with Gasteiger partial charge in [-0.1, -0.05) is 12.1 Å². The SMILES string of the molecule is Cc1cnn(-c2ccc(C(C)N)cc2)c1. The van der Waals surface area contributed by atoms with Crippen LogP contribution in [0.4, 0.5) is 0 Å². The molecule has 0 aliphatic rings. The van der Waals surface area contributed by atoms with Crippen LogP contribution in [0.1, 0.15) is 24.1 Å². The molecule has 2 aromatic rings. The quantitative estimate of drug-likeness (QED) is 0.809. The number of nitrogens with zero attached hydrogens (tertiary/aromatic N) is 2. The second-order valence-electron chi connectivity index (χ2n) is 3.84. The lowest BCUT2D eigenvalue weighted by molar-refractivity contribution is 0.814. The zero-order chi connectivity index (χ0) is 10.8. The maximum absolute atomic E-state index is 5.78. The van der Waals surface area contributed by atoms with E-state index in [1.54, 1.807) is 0 Å². The minimum absolute atomic E-state index is 0.0819. The van der Waals surface area contributed by atoms with Gasteiger partial charge < -0.3 is 5.73 Å². The summed E-state index contributed by atoms with van der Waals surface area (Å²) in [7, 11) is 0. The third-order valence-electron chi connectivity index (χ3n) is 2.40. The molecule has 1 aromatic heterocycles. The molecule has 0 saturated heterocycles. The smallest absolute Gasteiger partial charge is 0.0645 e. The van der Waals surface area contributed by atoms with Crippen molar-refractivity contribution < 1.29 is 0 Å². The molecule has 0 saturated carbocycles. The number of hydrogen-bond donors (Lipinski definition) is 1. The molecule has 1 atom stereocenters. The first-order valence-electron chi connectivity index (χ1n) is 5.04. The first-order chi connectivity index (χ1) is 7.16. The lowest BCUT2D eigenvalue weighted by atomic mass is 10.1. The standard InChI is InChI=1S/C12H15N3/c1-9-7-14-15(8-9)12-5-3-11(4-6-12)10(2)13/h3-8,10H,13H2,1-2H3. The molecular formula is C12H15N3. The summed E-state index contributed by atoms with van der Waals surface area (Å²) in [4.78, 5) is 0. The molecule has 2 N–H and O–H groups in total. The first kappa shape index (κ1) is 9.93. The van der Waals surface area contributed by atoms with Gasteiger partial charge in [0, 0.05) is 12.2 Å². The molecule has 3 heteroatoms. The van der Waals surface area contributed by atoms with Gasteiger partial charge in [0.15, 0.2) is 0 Å². The largest absolute Gasteiger partial charge is 0.324 e. The van der Waals surface area contributed by atoms with Crippen LogP contribution in [0.3, 0.4) is 0 Å². The van der Waals surface area contributed by atoms with E-state index in [2.05, 4.69) is 5.10 Å². The Kier molecular flexibility index (Phi) is 2.56. The van der Waals surface area contributed by atoms with Crippen molar-refractivity contribution in [2.75, 3.05) is 0 Å². The van der Waals surface area contributed by atoms with E-state index in [1.807, 2.05) is 55.2 Å². The molecule has 0 radical (unpaired) electrons. The molecule has 3 nitrogen and oxygen atoms in total. The van der Waals surface area contributed by atoms with Gasteiger partial charge in [0.05, 0.1) is 11.9 Å². The summed E-state index contributed by atoms with van der Waals surface area (Å²) in [5.74, 6) is 0. The molecule has 0 fully saturated rings. The van der Waals surface area contributed by atoms with E-state index in [0.717, 1.165) is 16.8 Å². The number of aromatic nitrogens is 2. The van der Waals surface area contributed by atoms with Crippen molar-refractivity contribution in [1.82, 2.24) is 9.78 Å². The number of nitrogens with two attached hydrogens (primary N) is 1. The van der Waals surface area contributed by atoms with Gasteiger partial charge in [-0.25, -0.2) is 4.68 Å². The van der Waals surface area contributed by atoms with Gasteiger partial charge in [0.25, 0.3) is 0 Å². The number of aryl methyl sites for hydroxylation is 1. The minimum atomic E-state index is 0.0819. The lowest BCUT2D eigenvalue weighted by Gasteiger charge is -2.06. The molecule has 78 valence electrons. The molecule has 0 spiro atoms. The van der Waals surface area contributed by atoms with Crippen LogP contribution >= 0.6 is 0 Å². The topological polar surface area (TPSA) is 43.8 Å². The zero-order valence-electron chi connectivity index (χ0n) is 9.01. The van der Waals surface area contributed by atoms with Crippen molar-refractivity contribution >= 4 is 0 Å². The van der Waals surface area contributed by atoms with Crippen LogP contribution in [0.15, 0.2) is 36.7 Å². The lowest BCUT2D eigenvalue weighted by Crippen LogP contribution is -2.05. The highest BCUT2D eigenvalue weighted by Gasteiger charge is 2.01. The van der Waals surface area contributed by atoms with Crippen LogP contribution in [-0.4, -0.2) is 9.78 Å². The second kappa shape index (κ2) is 3.87. The van der Waals surface area contributed by atoms with Crippen molar-refractivity contribution in [3.8, 4) is 5.69 Å². The molecular weight excluding hydrogens is 186 g/mol. The molecule has 1 unspecified atom stereocenters. The van der Waals surface area contributed by atoms with E-state index < -0.39 is 0 Å². The van der Waals surface area contributed by atoms with Gasteiger partial charge in [-0.2, -0.15) is 5.10 Å². The summed E-state index contributed by atoms with van der Waals surface area (Å²) < 4.78 is 1.86. The van der Waals surface area contributed by atoms with Crippen LogP contribution in [0, 0.1) is 6.92 Å². The maximum Gasteiger partial charge on any atom is 0.0645 e. The average Bonchev–Trinajstić information content (AvgIpc) is 2.65. The second-order valence-corrected chi connectivity index (χ2v) is 3.84. The summed E-state index contributed by atoms with van der Waals surface area (Å²) >= 11 is 0. The molecule has 1 aromatic carbocycles. The van der Waals surface area contributed by atoms with E-state index >= 15 is 0 Å². The fraction of sp³-hybridized carbons (Fsp3) is 0.250. The Hall–Kier alpha value is -1.61. The highest BCUT2D eigenvalue weighted by molar-refractivity contribution is 5.35. The van der Waals surface area contributed by atoms with Crippen molar-refractivity contribution in [3.63, 3.8) is 0 Å². The third-order valence-corrected chi connectivity index (χ3v) is 2.40. The van der Waals surface area contributed by atoms with Crippen LogP contribution in [-0.2, 0) is 0 Å². The monoisotopic (exact) mass is 201 g/mol. The van der Waals surface area contributed by atoms with Crippen LogP contribution in [0.5, 0.6) is 0 Å². The Labute approximate surface area is 89.5 Å². The normalized spacial score (nSPS) is 12.7. The van der Waals surface area contributed by atoms with E-state index in [4.69, 9.17) is 5.73 Å². The Balaban J connectivity index is 2.31. The fourth-order valence-corrected chi connectivity index (χ4v) is 1.48. The maximum atomic E-state index is 5.78. The van der Waals surface area contributed by atoms with Crippen molar-refractivity contribution in [3.05, 3.63) is 47.8 Å². The van der Waals surface area contributed by atoms with Gasteiger partial charge in [-0.05, 0) is 37.1 Å². The van der Waals surface area contributed by atoms with Crippen LogP contribution in [0.25, 0.3) is 5.69 Å². The number of benzene rings is 1. The molecule has 0 aliphatic heterocycles. The van der Waals surface area contributed by atoms with Crippen LogP contribution in [0.2, 0.25) is 0 Å². The fourth-order valence-electron chi connectivity index (χ4n) is 1.48. The zero-order valence-corrected chi connectivity index (χ0v) is 9.01. The summed E-state index contributed by atoms with van der Waals surface area (Å²) in [6.07, 6.45) is 3.85. The summed E-state index contributed by atoms with van der Waals surface area (Å²) in [5.41, 5.74) is 9.15. The first-order valence-corrected chi connectivity index (χ1v) is 5.04. The molecule has 2 rings (SSSR count). The predicted octanol–water partition coefficient (Wildman–Crippen LogP) is 2.20. The minimum Gasteiger partial charge on any atom is -0.324 e. The van der Waals surface area contributed by atoms with Gasteiger partial charge in [-0.15, -0.1) is 0 Å². The highest BCUT2D eigenvalue weighted by atomic mass is 15.3. The molecule has 15 heavy (non-hydrogen) atoms. The van der Waals surface area contributed by atoms with Gasteiger partial charge in [-0.3, -0.25) is 0 Å². The highest BCUT2D eigenvalue weighted by Crippen LogP contribution is 2.13.